The first kappa shape index (κ1) is 23.9. The summed E-state index contributed by atoms with van der Waals surface area (Å²) in [5, 5.41) is 6.77. The van der Waals surface area contributed by atoms with Crippen molar-refractivity contribution >= 4 is 16.9 Å². The molecule has 0 unspecified atom stereocenters. The lowest BCUT2D eigenvalue weighted by Gasteiger charge is -2.15. The Bertz CT molecular complexity index is 1460. The van der Waals surface area contributed by atoms with E-state index in [1.54, 1.807) is 7.05 Å². The van der Waals surface area contributed by atoms with E-state index in [-0.39, 0.29) is 19.4 Å². The summed E-state index contributed by atoms with van der Waals surface area (Å²) in [5.74, 6) is 0.652. The lowest BCUT2D eigenvalue weighted by atomic mass is 10.0. The molecule has 0 aliphatic carbocycles. The van der Waals surface area contributed by atoms with Crippen LogP contribution in [-0.2, 0) is 0 Å². The molecule has 5 aromatic rings. The molecule has 7 nitrogen and oxygen atoms in total. The Hall–Kier alpha value is -4.26. The Kier molecular flexibility index (Phi) is 6.51. The largest absolute Gasteiger partial charge is 0.361 e. The summed E-state index contributed by atoms with van der Waals surface area (Å²) >= 11 is 0. The molecule has 0 bridgehead atoms. The number of pyridine rings is 2. The smallest absolute Gasteiger partial charge is 0.251 e. The van der Waals surface area contributed by atoms with Gasteiger partial charge in [0.2, 0.25) is 0 Å². The zero-order valence-electron chi connectivity index (χ0n) is 19.5. The van der Waals surface area contributed by atoms with Crippen LogP contribution in [-0.4, -0.2) is 32.6 Å². The first-order valence-electron chi connectivity index (χ1n) is 11.1. The first-order valence-corrected chi connectivity index (χ1v) is 11.1. The molecule has 178 valence electrons. The molecule has 5 rings (SSSR count). The highest BCUT2D eigenvalue weighted by Gasteiger charge is 2.20. The van der Waals surface area contributed by atoms with Gasteiger partial charge in [-0.05, 0) is 56.7 Å². The number of amides is 1. The first-order chi connectivity index (χ1) is 16.5. The number of benzene rings is 1. The van der Waals surface area contributed by atoms with E-state index in [1.807, 2.05) is 68.7 Å². The van der Waals surface area contributed by atoms with E-state index in [2.05, 4.69) is 39.2 Å². The topological polar surface area (TPSA) is 85.8 Å². The zero-order valence-corrected chi connectivity index (χ0v) is 19.5. The van der Waals surface area contributed by atoms with Gasteiger partial charge in [-0.25, -0.2) is 0 Å². The quantitative estimate of drug-likeness (QED) is 0.344. The summed E-state index contributed by atoms with van der Waals surface area (Å²) in [6, 6.07) is 15.6. The van der Waals surface area contributed by atoms with Gasteiger partial charge in [-0.3, -0.25) is 14.8 Å². The van der Waals surface area contributed by atoms with Gasteiger partial charge < -0.3 is 14.4 Å². The average molecular weight is 468 g/mol. The predicted octanol–water partition coefficient (Wildman–Crippen LogP) is 5.98. The molecule has 1 amide bonds. The van der Waals surface area contributed by atoms with Crippen LogP contribution in [0.5, 0.6) is 0 Å². The lowest BCUT2D eigenvalue weighted by Crippen LogP contribution is -2.17. The van der Waals surface area contributed by atoms with E-state index >= 15 is 0 Å². The number of fused-ring (bicyclic) bond motifs is 1. The molecule has 1 N–H and O–H groups in total. The van der Waals surface area contributed by atoms with Crippen LogP contribution >= 0.6 is 0 Å². The van der Waals surface area contributed by atoms with Crippen molar-refractivity contribution in [3.05, 3.63) is 89.8 Å². The van der Waals surface area contributed by atoms with Gasteiger partial charge in [-0.15, -0.1) is 0 Å². The van der Waals surface area contributed by atoms with Crippen LogP contribution in [0.1, 0.15) is 47.9 Å². The molecule has 0 aliphatic rings. The number of carbonyl (C=O) groups excluding carboxylic acids is 1. The fraction of sp³-hybridized carbons (Fsp3) is 0.214. The van der Waals surface area contributed by atoms with E-state index in [0.717, 1.165) is 50.4 Å². The van der Waals surface area contributed by atoms with Crippen LogP contribution in [0.15, 0.2) is 71.6 Å². The summed E-state index contributed by atoms with van der Waals surface area (Å²) in [7, 11) is 1.63. The van der Waals surface area contributed by atoms with Gasteiger partial charge in [-0.1, -0.05) is 30.8 Å². The summed E-state index contributed by atoms with van der Waals surface area (Å²) in [6.07, 6.45) is 5.79. The summed E-state index contributed by atoms with van der Waals surface area (Å²) in [5.41, 5.74) is 8.18. The summed E-state index contributed by atoms with van der Waals surface area (Å²) in [6.45, 7) is 5.97. The fourth-order valence-corrected chi connectivity index (χ4v) is 4.40. The molecule has 0 spiro atoms. The second-order valence-electron chi connectivity index (χ2n) is 8.33. The summed E-state index contributed by atoms with van der Waals surface area (Å²) in [4.78, 5) is 21.4. The molecule has 4 heterocycles. The Morgan fingerprint density at radius 3 is 2.46 bits per heavy atom. The third kappa shape index (κ3) is 4.21. The number of rotatable bonds is 5. The highest BCUT2D eigenvalue weighted by molar-refractivity contribution is 5.97. The normalized spacial score (nSPS) is 11.8. The number of carbonyl (C=O) groups is 1. The van der Waals surface area contributed by atoms with Crippen molar-refractivity contribution in [2.45, 2.75) is 34.2 Å². The molecule has 0 saturated carbocycles. The number of nitrogens with zero attached hydrogens (tertiary/aromatic N) is 4. The maximum absolute atomic E-state index is 12.0. The van der Waals surface area contributed by atoms with Crippen molar-refractivity contribution in [3.63, 3.8) is 0 Å². The van der Waals surface area contributed by atoms with Gasteiger partial charge in [0.25, 0.3) is 5.91 Å². The van der Waals surface area contributed by atoms with Gasteiger partial charge in [0.1, 0.15) is 5.76 Å². The fourth-order valence-electron chi connectivity index (χ4n) is 4.40. The van der Waals surface area contributed by atoms with Crippen LogP contribution in [0, 0.1) is 13.8 Å². The number of hydrogen-bond donors (Lipinski definition) is 1. The second kappa shape index (κ2) is 9.54. The molecule has 0 radical (unpaired) electrons. The molecule has 1 atom stereocenters. The van der Waals surface area contributed by atoms with Crippen molar-refractivity contribution < 1.29 is 9.32 Å². The van der Waals surface area contributed by atoms with Crippen molar-refractivity contribution in [1.29, 1.82) is 0 Å². The van der Waals surface area contributed by atoms with E-state index in [1.165, 1.54) is 0 Å². The summed E-state index contributed by atoms with van der Waals surface area (Å²) < 4.78 is 7.60. The standard InChI is InChI=1S/C27H25N5O2.CH4/c1-16-25(18(3)34-31-16)21-13-24-26(30-14-21)22(19-8-10-20(11-9-19)27(33)28-4)15-32(24)17(2)23-7-5-6-12-29-23;/h5-15,17H,1-4H3,(H,28,33);1H4/t17-;/m0./s1. The number of aryl methyl sites for hydroxylation is 2. The van der Waals surface area contributed by atoms with Gasteiger partial charge in [0.15, 0.2) is 0 Å². The number of aromatic nitrogens is 4. The van der Waals surface area contributed by atoms with Gasteiger partial charge in [-0.2, -0.15) is 0 Å². The molecule has 1 aromatic carbocycles. The minimum absolute atomic E-state index is 0. The highest BCUT2D eigenvalue weighted by atomic mass is 16.5. The second-order valence-corrected chi connectivity index (χ2v) is 8.33. The van der Waals surface area contributed by atoms with Crippen molar-refractivity contribution in [2.24, 2.45) is 0 Å². The predicted molar refractivity (Wildman–Crippen MR) is 138 cm³/mol. The molecule has 7 heteroatoms. The van der Waals surface area contributed by atoms with Crippen molar-refractivity contribution in [3.8, 4) is 22.3 Å². The third-order valence-corrected chi connectivity index (χ3v) is 6.21. The molecular weight excluding hydrogens is 438 g/mol. The minimum atomic E-state index is -0.111. The van der Waals surface area contributed by atoms with Gasteiger partial charge in [0, 0.05) is 47.9 Å². The zero-order chi connectivity index (χ0) is 23.8. The Morgan fingerprint density at radius 2 is 1.83 bits per heavy atom. The average Bonchev–Trinajstić information content (AvgIpc) is 3.42. The monoisotopic (exact) mass is 467 g/mol. The van der Waals surface area contributed by atoms with Gasteiger partial charge >= 0.3 is 0 Å². The third-order valence-electron chi connectivity index (χ3n) is 6.21. The van der Waals surface area contributed by atoms with Crippen LogP contribution in [0.2, 0.25) is 0 Å². The molecule has 4 aromatic heterocycles. The Labute approximate surface area is 204 Å². The highest BCUT2D eigenvalue weighted by Crippen LogP contribution is 2.36. The SMILES string of the molecule is C.CNC(=O)c1ccc(-c2cn([C@@H](C)c3ccccn3)c3cc(-c4c(C)noc4C)cnc23)cc1. The molecular formula is C28H29N5O2. The molecule has 0 aliphatic heterocycles. The Morgan fingerprint density at radius 1 is 1.06 bits per heavy atom. The van der Waals surface area contributed by atoms with E-state index in [9.17, 15) is 4.79 Å². The van der Waals surface area contributed by atoms with E-state index in [4.69, 9.17) is 9.51 Å². The van der Waals surface area contributed by atoms with Crippen LogP contribution in [0.3, 0.4) is 0 Å². The van der Waals surface area contributed by atoms with Crippen LogP contribution < -0.4 is 5.32 Å². The van der Waals surface area contributed by atoms with E-state index < -0.39 is 0 Å². The van der Waals surface area contributed by atoms with Crippen molar-refractivity contribution in [2.75, 3.05) is 7.05 Å². The molecule has 0 saturated heterocycles. The number of hydrogen-bond acceptors (Lipinski definition) is 5. The maximum atomic E-state index is 12.0. The molecule has 0 fully saturated rings. The Balaban J connectivity index is 0.00000289. The minimum Gasteiger partial charge on any atom is -0.361 e. The molecule has 35 heavy (non-hydrogen) atoms. The van der Waals surface area contributed by atoms with Gasteiger partial charge in [0.05, 0.1) is 28.5 Å². The lowest BCUT2D eigenvalue weighted by molar-refractivity contribution is 0.0963. The van der Waals surface area contributed by atoms with Crippen molar-refractivity contribution in [1.82, 2.24) is 25.0 Å². The number of nitrogens with one attached hydrogen (secondary N) is 1. The van der Waals surface area contributed by atoms with Crippen LogP contribution in [0.4, 0.5) is 0 Å². The van der Waals surface area contributed by atoms with Crippen LogP contribution in [0.25, 0.3) is 33.3 Å². The van der Waals surface area contributed by atoms with E-state index in [0.29, 0.717) is 5.56 Å². The maximum Gasteiger partial charge on any atom is 0.251 e.